The van der Waals surface area contributed by atoms with Crippen molar-refractivity contribution in [3.8, 4) is 0 Å². The maximum absolute atomic E-state index is 12.3. The fourth-order valence-corrected chi connectivity index (χ4v) is 4.08. The average Bonchev–Trinajstić information content (AvgIpc) is 2.68. The van der Waals surface area contributed by atoms with Gasteiger partial charge >= 0.3 is 0 Å². The van der Waals surface area contributed by atoms with Crippen LogP contribution in [-0.4, -0.2) is 56.9 Å². The molecule has 21 heavy (non-hydrogen) atoms. The van der Waals surface area contributed by atoms with E-state index in [1.54, 1.807) is 13.8 Å². The molecule has 1 aliphatic rings. The van der Waals surface area contributed by atoms with Crippen molar-refractivity contribution < 1.29 is 17.7 Å². The molecule has 0 aromatic carbocycles. The third-order valence-corrected chi connectivity index (χ3v) is 5.16. The average molecular weight is 317 g/mol. The standard InChI is InChI=1S/C13H23N3O4S/c1-9-7-16(8-10(2)19-9)6-5-14-21(17,18)13-11(3)15-20-12(13)4/h9-10,14H,5-8H2,1-4H3. The minimum Gasteiger partial charge on any atom is -0.373 e. The molecule has 2 heterocycles. The van der Waals surface area contributed by atoms with E-state index >= 15 is 0 Å². The minimum absolute atomic E-state index is 0.145. The zero-order valence-electron chi connectivity index (χ0n) is 12.9. The highest BCUT2D eigenvalue weighted by Gasteiger charge is 2.25. The Hall–Kier alpha value is -0.960. The molecule has 1 aliphatic heterocycles. The second-order valence-electron chi connectivity index (χ2n) is 5.57. The number of rotatable bonds is 5. The first kappa shape index (κ1) is 16.4. The van der Waals surface area contributed by atoms with Gasteiger partial charge in [-0.1, -0.05) is 5.16 Å². The summed E-state index contributed by atoms with van der Waals surface area (Å²) in [5, 5.41) is 3.68. The van der Waals surface area contributed by atoms with Crippen molar-refractivity contribution in [2.75, 3.05) is 26.2 Å². The molecule has 2 unspecified atom stereocenters. The van der Waals surface area contributed by atoms with Crippen molar-refractivity contribution in [3.63, 3.8) is 0 Å². The van der Waals surface area contributed by atoms with Gasteiger partial charge in [0.25, 0.3) is 0 Å². The van der Waals surface area contributed by atoms with Crippen molar-refractivity contribution in [1.82, 2.24) is 14.8 Å². The Balaban J connectivity index is 1.91. The summed E-state index contributed by atoms with van der Waals surface area (Å²) >= 11 is 0. The number of sulfonamides is 1. The molecule has 1 fully saturated rings. The fourth-order valence-electron chi connectivity index (χ4n) is 2.74. The zero-order valence-corrected chi connectivity index (χ0v) is 13.7. The van der Waals surface area contributed by atoms with Crippen LogP contribution in [0.25, 0.3) is 0 Å². The molecule has 2 rings (SSSR count). The summed E-state index contributed by atoms with van der Waals surface area (Å²) in [4.78, 5) is 2.35. The van der Waals surface area contributed by atoms with Gasteiger partial charge in [-0.3, -0.25) is 4.90 Å². The molecule has 0 saturated carbocycles. The van der Waals surface area contributed by atoms with E-state index in [1.807, 2.05) is 13.8 Å². The van der Waals surface area contributed by atoms with Crippen LogP contribution in [0.4, 0.5) is 0 Å². The predicted molar refractivity (Wildman–Crippen MR) is 77.6 cm³/mol. The van der Waals surface area contributed by atoms with Crippen LogP contribution < -0.4 is 4.72 Å². The van der Waals surface area contributed by atoms with Crippen molar-refractivity contribution in [2.45, 2.75) is 44.8 Å². The van der Waals surface area contributed by atoms with Gasteiger partial charge in [0.05, 0.1) is 12.2 Å². The van der Waals surface area contributed by atoms with Crippen LogP contribution in [0.1, 0.15) is 25.3 Å². The third kappa shape index (κ3) is 4.03. The lowest BCUT2D eigenvalue weighted by atomic mass is 10.2. The van der Waals surface area contributed by atoms with Crippen LogP contribution in [0.5, 0.6) is 0 Å². The van der Waals surface area contributed by atoms with Gasteiger partial charge in [0.1, 0.15) is 10.6 Å². The number of hydrogen-bond acceptors (Lipinski definition) is 6. The van der Waals surface area contributed by atoms with Gasteiger partial charge in [0.15, 0.2) is 5.76 Å². The minimum atomic E-state index is -3.57. The van der Waals surface area contributed by atoms with Gasteiger partial charge < -0.3 is 9.26 Å². The molecule has 0 radical (unpaired) electrons. The third-order valence-electron chi connectivity index (χ3n) is 3.45. The second-order valence-corrected chi connectivity index (χ2v) is 7.27. The molecule has 2 atom stereocenters. The van der Waals surface area contributed by atoms with E-state index < -0.39 is 10.0 Å². The lowest BCUT2D eigenvalue weighted by Gasteiger charge is -2.35. The number of aryl methyl sites for hydroxylation is 2. The molecule has 7 nitrogen and oxygen atoms in total. The molecule has 0 amide bonds. The quantitative estimate of drug-likeness (QED) is 0.859. The van der Waals surface area contributed by atoms with E-state index in [2.05, 4.69) is 14.8 Å². The van der Waals surface area contributed by atoms with Crippen molar-refractivity contribution in [3.05, 3.63) is 11.5 Å². The highest BCUT2D eigenvalue weighted by molar-refractivity contribution is 7.89. The van der Waals surface area contributed by atoms with Gasteiger partial charge in [-0.2, -0.15) is 0 Å². The zero-order chi connectivity index (χ0) is 15.6. The highest BCUT2D eigenvalue weighted by Crippen LogP contribution is 2.18. The fraction of sp³-hybridized carbons (Fsp3) is 0.769. The van der Waals surface area contributed by atoms with Crippen molar-refractivity contribution >= 4 is 10.0 Å². The lowest BCUT2D eigenvalue weighted by molar-refractivity contribution is -0.0671. The van der Waals surface area contributed by atoms with Crippen molar-refractivity contribution in [1.29, 1.82) is 0 Å². The number of nitrogens with zero attached hydrogens (tertiary/aromatic N) is 2. The van der Waals surface area contributed by atoms with E-state index in [9.17, 15) is 8.42 Å². The topological polar surface area (TPSA) is 84.7 Å². The van der Waals surface area contributed by atoms with Gasteiger partial charge in [0, 0.05) is 26.2 Å². The molecule has 8 heteroatoms. The summed E-state index contributed by atoms with van der Waals surface area (Å²) < 4.78 is 37.7. The van der Waals surface area contributed by atoms with Gasteiger partial charge in [-0.25, -0.2) is 13.1 Å². The van der Waals surface area contributed by atoms with E-state index in [-0.39, 0.29) is 17.1 Å². The van der Waals surface area contributed by atoms with Crippen LogP contribution >= 0.6 is 0 Å². The normalized spacial score (nSPS) is 24.4. The highest BCUT2D eigenvalue weighted by atomic mass is 32.2. The second kappa shape index (κ2) is 6.43. The van der Waals surface area contributed by atoms with Crippen LogP contribution in [0, 0.1) is 13.8 Å². The summed E-state index contributed by atoms with van der Waals surface area (Å²) in [7, 11) is -3.57. The number of nitrogens with one attached hydrogen (secondary N) is 1. The molecule has 0 bridgehead atoms. The van der Waals surface area contributed by atoms with E-state index in [4.69, 9.17) is 9.26 Å². The van der Waals surface area contributed by atoms with Crippen LogP contribution in [-0.2, 0) is 14.8 Å². The SMILES string of the molecule is Cc1noc(C)c1S(=O)(=O)NCCN1CC(C)OC(C)C1. The van der Waals surface area contributed by atoms with E-state index in [0.29, 0.717) is 24.5 Å². The molecular weight excluding hydrogens is 294 g/mol. The Labute approximate surface area is 125 Å². The Morgan fingerprint density at radius 2 is 1.90 bits per heavy atom. The largest absolute Gasteiger partial charge is 0.373 e. The van der Waals surface area contributed by atoms with Crippen molar-refractivity contribution in [2.24, 2.45) is 0 Å². The number of morpholine rings is 1. The molecular formula is C13H23N3O4S. The Kier molecular flexibility index (Phi) is 5.03. The summed E-state index contributed by atoms with van der Waals surface area (Å²) in [6, 6.07) is 0. The lowest BCUT2D eigenvalue weighted by Crippen LogP contribution is -2.47. The van der Waals surface area contributed by atoms with Crippen LogP contribution in [0.15, 0.2) is 9.42 Å². The van der Waals surface area contributed by atoms with Gasteiger partial charge in [0.2, 0.25) is 10.0 Å². The van der Waals surface area contributed by atoms with E-state index in [1.165, 1.54) is 0 Å². The summed E-state index contributed by atoms with van der Waals surface area (Å²) in [5.41, 5.74) is 0.383. The summed E-state index contributed by atoms with van der Waals surface area (Å²) in [6.45, 7) is 9.91. The number of hydrogen-bond donors (Lipinski definition) is 1. The predicted octanol–water partition coefficient (Wildman–Crippen LogP) is 0.679. The summed E-state index contributed by atoms with van der Waals surface area (Å²) in [6.07, 6.45) is 0.348. The first-order valence-electron chi connectivity index (χ1n) is 7.10. The number of ether oxygens (including phenoxy) is 1. The van der Waals surface area contributed by atoms with Gasteiger partial charge in [-0.05, 0) is 27.7 Å². The maximum atomic E-state index is 12.3. The molecule has 1 N–H and O–H groups in total. The van der Waals surface area contributed by atoms with E-state index in [0.717, 1.165) is 13.1 Å². The monoisotopic (exact) mass is 317 g/mol. The number of aromatic nitrogens is 1. The Bertz CT molecular complexity index is 555. The molecule has 0 spiro atoms. The molecule has 1 aromatic heterocycles. The Morgan fingerprint density at radius 3 is 2.43 bits per heavy atom. The first-order chi connectivity index (χ1) is 9.79. The van der Waals surface area contributed by atoms with Crippen LogP contribution in [0.2, 0.25) is 0 Å². The Morgan fingerprint density at radius 1 is 1.29 bits per heavy atom. The van der Waals surface area contributed by atoms with Crippen LogP contribution in [0.3, 0.4) is 0 Å². The maximum Gasteiger partial charge on any atom is 0.246 e. The smallest absolute Gasteiger partial charge is 0.246 e. The summed E-state index contributed by atoms with van der Waals surface area (Å²) in [5.74, 6) is 0.314. The molecule has 0 aliphatic carbocycles. The van der Waals surface area contributed by atoms with Gasteiger partial charge in [-0.15, -0.1) is 0 Å². The molecule has 1 saturated heterocycles. The first-order valence-corrected chi connectivity index (χ1v) is 8.58. The molecule has 1 aromatic rings. The molecule has 120 valence electrons.